The first-order chi connectivity index (χ1) is 16.5. The van der Waals surface area contributed by atoms with Crippen LogP contribution in [0.25, 0.3) is 0 Å². The molecule has 1 saturated heterocycles. The number of piperidine rings is 1. The van der Waals surface area contributed by atoms with Crippen LogP contribution in [0, 0.1) is 17.6 Å². The van der Waals surface area contributed by atoms with E-state index in [2.05, 4.69) is 26.2 Å². The molecule has 1 fully saturated rings. The van der Waals surface area contributed by atoms with Crippen LogP contribution in [0.4, 0.5) is 14.6 Å². The number of anilines is 1. The van der Waals surface area contributed by atoms with E-state index in [1.54, 1.807) is 47.3 Å². The molecule has 1 amide bonds. The zero-order valence-corrected chi connectivity index (χ0v) is 19.3. The summed E-state index contributed by atoms with van der Waals surface area (Å²) in [5, 5.41) is 7.43. The molecule has 0 bridgehead atoms. The molecule has 3 N–H and O–H groups in total. The van der Waals surface area contributed by atoms with Gasteiger partial charge in [-0.1, -0.05) is 30.3 Å². The summed E-state index contributed by atoms with van der Waals surface area (Å²) in [4.78, 5) is 14.8. The van der Waals surface area contributed by atoms with Gasteiger partial charge in [-0.25, -0.2) is 8.78 Å². The van der Waals surface area contributed by atoms with Crippen LogP contribution < -0.4 is 16.2 Å². The molecule has 34 heavy (non-hydrogen) atoms. The van der Waals surface area contributed by atoms with Crippen molar-refractivity contribution < 1.29 is 13.6 Å². The van der Waals surface area contributed by atoms with E-state index in [-0.39, 0.29) is 28.6 Å². The number of benzene rings is 2. The van der Waals surface area contributed by atoms with Crippen molar-refractivity contribution in [1.82, 2.24) is 25.5 Å². The largest absolute Gasteiger partial charge is 0.315 e. The van der Waals surface area contributed by atoms with Crippen LogP contribution in [0.15, 0.2) is 60.8 Å². The van der Waals surface area contributed by atoms with E-state index in [9.17, 15) is 13.6 Å². The number of nitrogens with one attached hydrogen (secondary N) is 3. The minimum Gasteiger partial charge on any atom is -0.315 e. The highest BCUT2D eigenvalue weighted by Crippen LogP contribution is 2.19. The first-order valence-electron chi connectivity index (χ1n) is 11.1. The Labute approximate surface area is 202 Å². The Morgan fingerprint density at radius 1 is 1.06 bits per heavy atom. The third kappa shape index (κ3) is 6.58. The number of likely N-dealkylation sites (tertiary alicyclic amines) is 1. The van der Waals surface area contributed by atoms with Gasteiger partial charge in [-0.2, -0.15) is 5.10 Å². The van der Waals surface area contributed by atoms with Gasteiger partial charge in [0.15, 0.2) is 10.9 Å². The predicted octanol–water partition coefficient (Wildman–Crippen LogP) is 3.44. The van der Waals surface area contributed by atoms with Gasteiger partial charge >= 0.3 is 0 Å². The molecule has 1 aliphatic heterocycles. The van der Waals surface area contributed by atoms with Crippen LogP contribution in [0.1, 0.15) is 24.0 Å². The fourth-order valence-corrected chi connectivity index (χ4v) is 4.10. The van der Waals surface area contributed by atoms with Crippen molar-refractivity contribution in [2.45, 2.75) is 25.9 Å². The zero-order valence-electron chi connectivity index (χ0n) is 18.5. The lowest BCUT2D eigenvalue weighted by atomic mass is 9.97. The number of carbonyl (C=O) groups excluding carboxylic acids is 1. The molecule has 0 saturated carbocycles. The number of aromatic nitrogens is 2. The number of carbonyl (C=O) groups is 1. The molecule has 178 valence electrons. The highest BCUT2D eigenvalue weighted by atomic mass is 32.1. The molecule has 10 heteroatoms. The maximum Gasteiger partial charge on any atom is 0.242 e. The van der Waals surface area contributed by atoms with Crippen molar-refractivity contribution in [3.8, 4) is 0 Å². The van der Waals surface area contributed by atoms with Crippen molar-refractivity contribution in [3.05, 3.63) is 83.6 Å². The number of rotatable bonds is 6. The molecule has 0 aliphatic carbocycles. The molecule has 0 radical (unpaired) electrons. The summed E-state index contributed by atoms with van der Waals surface area (Å²) >= 11 is 5.25. The van der Waals surface area contributed by atoms with E-state index >= 15 is 0 Å². The van der Waals surface area contributed by atoms with Crippen LogP contribution in [0.2, 0.25) is 0 Å². The summed E-state index contributed by atoms with van der Waals surface area (Å²) in [5.41, 5.74) is 6.93. The molecule has 1 atom stereocenters. The van der Waals surface area contributed by atoms with E-state index in [1.165, 1.54) is 18.2 Å². The molecular weight excluding hydrogens is 458 g/mol. The average molecular weight is 485 g/mol. The number of amides is 1. The molecule has 1 aromatic heterocycles. The summed E-state index contributed by atoms with van der Waals surface area (Å²) in [5.74, 6) is -0.382. The minimum atomic E-state index is -0.286. The molecular formula is C24H26F2N6OS. The predicted molar refractivity (Wildman–Crippen MR) is 130 cm³/mol. The number of hydrogen-bond donors (Lipinski definition) is 3. The number of halogens is 2. The van der Waals surface area contributed by atoms with Crippen molar-refractivity contribution in [1.29, 1.82) is 0 Å². The second-order valence-electron chi connectivity index (χ2n) is 8.26. The molecule has 7 nitrogen and oxygen atoms in total. The van der Waals surface area contributed by atoms with E-state index in [1.807, 2.05) is 0 Å². The number of nitrogens with zero attached hydrogens (tertiary/aromatic N) is 3. The van der Waals surface area contributed by atoms with Gasteiger partial charge < -0.3 is 5.32 Å². The van der Waals surface area contributed by atoms with Gasteiger partial charge in [0.25, 0.3) is 0 Å². The summed E-state index contributed by atoms with van der Waals surface area (Å²) in [6, 6.07) is 14.7. The van der Waals surface area contributed by atoms with Crippen molar-refractivity contribution in [2.24, 2.45) is 5.92 Å². The minimum absolute atomic E-state index is 0.141. The van der Waals surface area contributed by atoms with Crippen LogP contribution in [0.3, 0.4) is 0 Å². The Morgan fingerprint density at radius 3 is 2.65 bits per heavy atom. The summed E-state index contributed by atoms with van der Waals surface area (Å²) in [6.07, 6.45) is 3.41. The van der Waals surface area contributed by atoms with Gasteiger partial charge in [0.05, 0.1) is 12.5 Å². The summed E-state index contributed by atoms with van der Waals surface area (Å²) in [6.45, 7) is 2.48. The first-order valence-corrected chi connectivity index (χ1v) is 11.5. The molecule has 2 heterocycles. The lowest BCUT2D eigenvalue weighted by Crippen LogP contribution is -2.49. The van der Waals surface area contributed by atoms with Gasteiger partial charge in [0.2, 0.25) is 5.91 Å². The average Bonchev–Trinajstić information content (AvgIpc) is 3.27. The van der Waals surface area contributed by atoms with Gasteiger partial charge in [-0.15, -0.1) is 0 Å². The van der Waals surface area contributed by atoms with Gasteiger partial charge in [0, 0.05) is 30.9 Å². The molecule has 4 rings (SSSR count). The van der Waals surface area contributed by atoms with Gasteiger partial charge in [-0.3, -0.25) is 25.2 Å². The topological polar surface area (TPSA) is 74.2 Å². The Kier molecular flexibility index (Phi) is 7.81. The quantitative estimate of drug-likeness (QED) is 0.368. The van der Waals surface area contributed by atoms with E-state index in [4.69, 9.17) is 12.2 Å². The van der Waals surface area contributed by atoms with Crippen LogP contribution in [-0.4, -0.2) is 38.8 Å². The first kappa shape index (κ1) is 23.8. The molecule has 1 aliphatic rings. The van der Waals surface area contributed by atoms with Gasteiger partial charge in [0.1, 0.15) is 11.6 Å². The standard InChI is InChI=1S/C24H26F2N6OS/c25-20-9-7-17(8-10-20)14-31-12-3-5-19(15-31)23(33)28-29-24(34)27-22-11-13-32(30-22)16-18-4-1-2-6-21(18)26/h1-2,4,6-11,13,19H,3,5,12,14-16H2,(H,28,33)(H2,27,29,30,34)/t19-/m0/s1. The number of hydrazine groups is 1. The lowest BCUT2D eigenvalue weighted by molar-refractivity contribution is -0.127. The Bertz CT molecular complexity index is 1140. The van der Waals surface area contributed by atoms with E-state index in [0.717, 1.165) is 24.9 Å². The lowest BCUT2D eigenvalue weighted by Gasteiger charge is -2.32. The maximum atomic E-state index is 13.8. The number of thiocarbonyl (C=S) groups is 1. The third-order valence-corrected chi connectivity index (χ3v) is 5.87. The summed E-state index contributed by atoms with van der Waals surface area (Å²) in [7, 11) is 0. The van der Waals surface area contributed by atoms with E-state index < -0.39 is 0 Å². The van der Waals surface area contributed by atoms with Crippen molar-refractivity contribution in [3.63, 3.8) is 0 Å². The number of hydrogen-bond acceptors (Lipinski definition) is 4. The molecule has 0 spiro atoms. The monoisotopic (exact) mass is 484 g/mol. The zero-order chi connectivity index (χ0) is 23.9. The fraction of sp³-hybridized carbons (Fsp3) is 0.292. The maximum absolute atomic E-state index is 13.8. The second kappa shape index (κ2) is 11.2. The van der Waals surface area contributed by atoms with Crippen molar-refractivity contribution >= 4 is 29.1 Å². The SMILES string of the molecule is O=C(NNC(=S)Nc1ccn(Cc2ccccc2F)n1)[C@H]1CCCN(Cc2ccc(F)cc2)C1. The van der Waals surface area contributed by atoms with Crippen LogP contribution >= 0.6 is 12.2 Å². The Hall–Kier alpha value is -3.37. The molecule has 0 unspecified atom stereocenters. The highest BCUT2D eigenvalue weighted by molar-refractivity contribution is 7.80. The Morgan fingerprint density at radius 2 is 1.85 bits per heavy atom. The summed E-state index contributed by atoms with van der Waals surface area (Å²) < 4.78 is 28.5. The molecule has 2 aromatic carbocycles. The third-order valence-electron chi connectivity index (χ3n) is 5.67. The van der Waals surface area contributed by atoms with Crippen LogP contribution in [0.5, 0.6) is 0 Å². The smallest absolute Gasteiger partial charge is 0.242 e. The highest BCUT2D eigenvalue weighted by Gasteiger charge is 2.26. The van der Waals surface area contributed by atoms with Gasteiger partial charge in [-0.05, 0) is 55.4 Å². The van der Waals surface area contributed by atoms with Crippen LogP contribution in [-0.2, 0) is 17.9 Å². The second-order valence-corrected chi connectivity index (χ2v) is 8.67. The Balaban J connectivity index is 1.22. The van der Waals surface area contributed by atoms with Crippen molar-refractivity contribution in [2.75, 3.05) is 18.4 Å². The fourth-order valence-electron chi connectivity index (χ4n) is 3.95. The molecule has 3 aromatic rings. The van der Waals surface area contributed by atoms with E-state index in [0.29, 0.717) is 31.0 Å². The normalized spacial score (nSPS) is 16.1.